The third-order valence-electron chi connectivity index (χ3n) is 6.52. The first kappa shape index (κ1) is 18.0. The van der Waals surface area contributed by atoms with Crippen molar-refractivity contribution in [2.75, 3.05) is 13.1 Å². The summed E-state index contributed by atoms with van der Waals surface area (Å²) >= 11 is 0. The Hall–Kier alpha value is -0.780. The van der Waals surface area contributed by atoms with Crippen molar-refractivity contribution in [2.24, 2.45) is 23.7 Å². The summed E-state index contributed by atoms with van der Waals surface area (Å²) in [6, 6.07) is 0. The molecule has 3 aliphatic rings. The Morgan fingerprint density at radius 3 is 2.21 bits per heavy atom. The molecule has 4 unspecified atom stereocenters. The average molecular weight is 347 g/mol. The van der Waals surface area contributed by atoms with Crippen molar-refractivity contribution in [3.63, 3.8) is 0 Å². The minimum absolute atomic E-state index is 0.0634. The maximum Gasteiger partial charge on any atom is 0.414 e. The molecular formula is C18H28F3NO2. The number of amides is 1. The van der Waals surface area contributed by atoms with E-state index in [4.69, 9.17) is 0 Å². The van der Waals surface area contributed by atoms with Gasteiger partial charge in [0, 0.05) is 19.0 Å². The fourth-order valence-electron chi connectivity index (χ4n) is 5.06. The Morgan fingerprint density at radius 2 is 1.58 bits per heavy atom. The molecule has 1 N–H and O–H groups in total. The van der Waals surface area contributed by atoms with Gasteiger partial charge in [0.1, 0.15) is 0 Å². The lowest BCUT2D eigenvalue weighted by Crippen LogP contribution is -2.47. The van der Waals surface area contributed by atoms with Crippen LogP contribution in [0, 0.1) is 23.7 Å². The molecule has 0 bridgehead atoms. The molecule has 0 spiro atoms. The molecule has 1 amide bonds. The van der Waals surface area contributed by atoms with Gasteiger partial charge >= 0.3 is 6.18 Å². The number of piperidine rings is 1. The van der Waals surface area contributed by atoms with Crippen molar-refractivity contribution in [3.05, 3.63) is 0 Å². The van der Waals surface area contributed by atoms with E-state index in [1.54, 1.807) is 4.90 Å². The second kappa shape index (κ2) is 7.22. The number of alkyl halides is 3. The molecule has 138 valence electrons. The molecule has 3 rings (SSSR count). The summed E-state index contributed by atoms with van der Waals surface area (Å²) in [6.07, 6.45) is 1.81. The monoisotopic (exact) mass is 347 g/mol. The summed E-state index contributed by atoms with van der Waals surface area (Å²) in [5, 5.41) is 9.38. The predicted octanol–water partition coefficient (Wildman–Crippen LogP) is 3.75. The number of fused-ring (bicyclic) bond motifs is 1. The smallest absolute Gasteiger partial charge is 0.383 e. The van der Waals surface area contributed by atoms with Crippen LogP contribution in [0.5, 0.6) is 0 Å². The van der Waals surface area contributed by atoms with Crippen LogP contribution in [-0.4, -0.2) is 41.3 Å². The van der Waals surface area contributed by atoms with E-state index in [0.29, 0.717) is 19.0 Å². The van der Waals surface area contributed by atoms with E-state index in [-0.39, 0.29) is 24.7 Å². The molecule has 0 radical (unpaired) electrons. The van der Waals surface area contributed by atoms with E-state index < -0.39 is 18.2 Å². The van der Waals surface area contributed by atoms with Crippen LogP contribution in [0.3, 0.4) is 0 Å². The molecule has 0 aromatic rings. The summed E-state index contributed by atoms with van der Waals surface area (Å²) in [5.74, 6) is 0.886. The minimum atomic E-state index is -4.56. The van der Waals surface area contributed by atoms with Gasteiger partial charge in [-0.25, -0.2) is 0 Å². The molecule has 3 fully saturated rings. The maximum atomic E-state index is 12.7. The van der Waals surface area contributed by atoms with Gasteiger partial charge in [0.2, 0.25) is 5.91 Å². The number of nitrogens with zero attached hydrogens (tertiary/aromatic N) is 1. The molecule has 24 heavy (non-hydrogen) atoms. The molecule has 2 aliphatic carbocycles. The summed E-state index contributed by atoms with van der Waals surface area (Å²) < 4.78 is 37.8. The van der Waals surface area contributed by atoms with Crippen molar-refractivity contribution in [1.29, 1.82) is 0 Å². The van der Waals surface area contributed by atoms with Gasteiger partial charge in [0.05, 0.1) is 0 Å². The predicted molar refractivity (Wildman–Crippen MR) is 84.2 cm³/mol. The fraction of sp³-hybridized carbons (Fsp3) is 0.944. The van der Waals surface area contributed by atoms with Gasteiger partial charge in [-0.2, -0.15) is 13.2 Å². The van der Waals surface area contributed by atoms with E-state index >= 15 is 0 Å². The van der Waals surface area contributed by atoms with Crippen molar-refractivity contribution >= 4 is 5.91 Å². The van der Waals surface area contributed by atoms with Crippen molar-refractivity contribution < 1.29 is 23.1 Å². The van der Waals surface area contributed by atoms with E-state index in [2.05, 4.69) is 0 Å². The summed E-state index contributed by atoms with van der Waals surface area (Å²) in [5.41, 5.74) is 0. The SMILES string of the molecule is O=C(C1CCC2CCCCC2C1)N1CCC(C(O)C(F)(F)F)CC1. The molecule has 0 aromatic heterocycles. The van der Waals surface area contributed by atoms with Gasteiger partial charge in [-0.05, 0) is 49.9 Å². The van der Waals surface area contributed by atoms with E-state index in [1.165, 1.54) is 25.7 Å². The van der Waals surface area contributed by atoms with Crippen LogP contribution in [0.15, 0.2) is 0 Å². The molecular weight excluding hydrogens is 319 g/mol. The third-order valence-corrected chi connectivity index (χ3v) is 6.52. The van der Waals surface area contributed by atoms with Crippen LogP contribution < -0.4 is 0 Å². The highest BCUT2D eigenvalue weighted by Gasteiger charge is 2.45. The number of hydrogen-bond donors (Lipinski definition) is 1. The standard InChI is InChI=1S/C18H28F3NO2/c19-18(20,21)16(23)13-7-9-22(10-8-13)17(24)15-6-5-12-3-1-2-4-14(12)11-15/h12-16,23H,1-11H2. The Kier molecular flexibility index (Phi) is 5.42. The minimum Gasteiger partial charge on any atom is -0.383 e. The number of hydrogen-bond acceptors (Lipinski definition) is 2. The van der Waals surface area contributed by atoms with Gasteiger partial charge < -0.3 is 10.0 Å². The average Bonchev–Trinajstić information content (AvgIpc) is 2.59. The van der Waals surface area contributed by atoms with E-state index in [0.717, 1.165) is 25.2 Å². The van der Waals surface area contributed by atoms with Crippen molar-refractivity contribution in [2.45, 2.75) is 70.1 Å². The number of aliphatic hydroxyl groups is 1. The summed E-state index contributed by atoms with van der Waals surface area (Å²) in [4.78, 5) is 14.5. The Labute approximate surface area is 141 Å². The number of halogens is 3. The quantitative estimate of drug-likeness (QED) is 0.826. The molecule has 2 saturated carbocycles. The Morgan fingerprint density at radius 1 is 0.958 bits per heavy atom. The van der Waals surface area contributed by atoms with Gasteiger partial charge in [-0.15, -0.1) is 0 Å². The van der Waals surface area contributed by atoms with Gasteiger partial charge in [0.15, 0.2) is 6.10 Å². The van der Waals surface area contributed by atoms with Gasteiger partial charge in [-0.1, -0.05) is 25.7 Å². The highest BCUT2D eigenvalue weighted by atomic mass is 19.4. The zero-order valence-electron chi connectivity index (χ0n) is 14.1. The first-order valence-electron chi connectivity index (χ1n) is 9.40. The molecule has 6 heteroatoms. The van der Waals surface area contributed by atoms with Crippen molar-refractivity contribution in [1.82, 2.24) is 4.90 Å². The molecule has 1 saturated heterocycles. The molecule has 0 aromatic carbocycles. The van der Waals surface area contributed by atoms with Crippen LogP contribution >= 0.6 is 0 Å². The zero-order valence-corrected chi connectivity index (χ0v) is 14.1. The number of carbonyl (C=O) groups excluding carboxylic acids is 1. The number of rotatable bonds is 2. The number of likely N-dealkylation sites (tertiary alicyclic amines) is 1. The molecule has 3 nitrogen and oxygen atoms in total. The lowest BCUT2D eigenvalue weighted by molar-refractivity contribution is -0.223. The van der Waals surface area contributed by atoms with E-state index in [1.807, 2.05) is 0 Å². The van der Waals surface area contributed by atoms with Crippen molar-refractivity contribution in [3.8, 4) is 0 Å². The van der Waals surface area contributed by atoms with Gasteiger partial charge in [-0.3, -0.25) is 4.79 Å². The Bertz CT molecular complexity index is 446. The zero-order chi connectivity index (χ0) is 17.3. The second-order valence-corrected chi connectivity index (χ2v) is 7.96. The van der Waals surface area contributed by atoms with Crippen LogP contribution in [0.4, 0.5) is 13.2 Å². The van der Waals surface area contributed by atoms with E-state index in [9.17, 15) is 23.1 Å². The first-order chi connectivity index (χ1) is 11.4. The van der Waals surface area contributed by atoms with Crippen LogP contribution in [0.2, 0.25) is 0 Å². The third kappa shape index (κ3) is 3.89. The Balaban J connectivity index is 1.50. The van der Waals surface area contributed by atoms with Crippen LogP contribution in [-0.2, 0) is 4.79 Å². The molecule has 1 aliphatic heterocycles. The number of carbonyl (C=O) groups is 1. The largest absolute Gasteiger partial charge is 0.414 e. The highest BCUT2D eigenvalue weighted by Crippen LogP contribution is 2.43. The van der Waals surface area contributed by atoms with Crippen LogP contribution in [0.1, 0.15) is 57.8 Å². The second-order valence-electron chi connectivity index (χ2n) is 7.96. The topological polar surface area (TPSA) is 40.5 Å². The van der Waals surface area contributed by atoms with Gasteiger partial charge in [0.25, 0.3) is 0 Å². The van der Waals surface area contributed by atoms with Crippen LogP contribution in [0.25, 0.3) is 0 Å². The number of aliphatic hydroxyl groups excluding tert-OH is 1. The summed E-state index contributed by atoms with van der Waals surface area (Å²) in [6.45, 7) is 0.697. The molecule has 4 atom stereocenters. The summed E-state index contributed by atoms with van der Waals surface area (Å²) in [7, 11) is 0. The normalized spacial score (nSPS) is 33.8. The highest BCUT2D eigenvalue weighted by molar-refractivity contribution is 5.79. The molecule has 1 heterocycles. The lowest BCUT2D eigenvalue weighted by Gasteiger charge is -2.41. The maximum absolute atomic E-state index is 12.7. The fourth-order valence-corrected chi connectivity index (χ4v) is 5.06. The first-order valence-corrected chi connectivity index (χ1v) is 9.40. The lowest BCUT2D eigenvalue weighted by atomic mass is 9.67.